The molecule has 4 nitrogen and oxygen atoms in total. The molecular formula is C23H30F2N2O2. The first-order chi connectivity index (χ1) is 14.1. The fourth-order valence-electron chi connectivity index (χ4n) is 2.12. The molecule has 0 aliphatic carbocycles. The molecule has 0 saturated carbocycles. The first-order valence-corrected chi connectivity index (χ1v) is 9.17. The van der Waals surface area contributed by atoms with Crippen LogP contribution in [0.2, 0.25) is 0 Å². The summed E-state index contributed by atoms with van der Waals surface area (Å²) in [5, 5.41) is 0. The number of rotatable bonds is 8. The van der Waals surface area contributed by atoms with Crippen molar-refractivity contribution in [3.63, 3.8) is 0 Å². The third-order valence-corrected chi connectivity index (χ3v) is 3.55. The third kappa shape index (κ3) is 13.1. The molecule has 0 aliphatic rings. The van der Waals surface area contributed by atoms with Crippen LogP contribution in [0, 0.1) is 12.7 Å². The SMILES string of the molecule is CF.COC.Cc1ccc(C=NC(C=O)CCCN=Cc2ccc(F)cc2)cc1. The molecule has 0 aliphatic heterocycles. The van der Waals surface area contributed by atoms with Crippen LogP contribution in [0.5, 0.6) is 0 Å². The standard InChI is InChI=1S/C20H21FN2O.C2H6O.CH3F/c1-16-4-6-18(7-5-16)14-23-20(15-24)3-2-12-22-13-17-8-10-19(21)11-9-17;1-3-2;1-2/h4-11,13-15,20H,2-3,12H2,1H3;1-2H3;1H3. The van der Waals surface area contributed by atoms with Gasteiger partial charge in [-0.2, -0.15) is 0 Å². The van der Waals surface area contributed by atoms with Gasteiger partial charge in [-0.05, 0) is 43.0 Å². The number of halogens is 2. The highest BCUT2D eigenvalue weighted by Gasteiger charge is 2.03. The number of carbonyl (C=O) groups is 1. The molecule has 0 heterocycles. The summed E-state index contributed by atoms with van der Waals surface area (Å²) in [5.74, 6) is -0.257. The Balaban J connectivity index is 0.00000143. The van der Waals surface area contributed by atoms with Crippen molar-refractivity contribution in [1.29, 1.82) is 0 Å². The zero-order chi connectivity index (χ0) is 21.9. The summed E-state index contributed by atoms with van der Waals surface area (Å²) in [7, 11) is 3.75. The Morgan fingerprint density at radius 1 is 0.966 bits per heavy atom. The lowest BCUT2D eigenvalue weighted by Gasteiger charge is -2.03. The predicted molar refractivity (Wildman–Crippen MR) is 117 cm³/mol. The van der Waals surface area contributed by atoms with E-state index in [1.165, 1.54) is 17.7 Å². The zero-order valence-electron chi connectivity index (χ0n) is 17.5. The van der Waals surface area contributed by atoms with Crippen molar-refractivity contribution < 1.29 is 18.3 Å². The second kappa shape index (κ2) is 17.4. The number of ether oxygens (including phenoxy) is 1. The minimum absolute atomic E-state index is 0.257. The molecule has 2 aromatic rings. The van der Waals surface area contributed by atoms with Crippen LogP contribution >= 0.6 is 0 Å². The molecule has 0 N–H and O–H groups in total. The molecule has 0 spiro atoms. The summed E-state index contributed by atoms with van der Waals surface area (Å²) < 4.78 is 26.5. The Kier molecular flexibility index (Phi) is 15.7. The van der Waals surface area contributed by atoms with Crippen LogP contribution < -0.4 is 0 Å². The molecule has 6 heteroatoms. The average molecular weight is 405 g/mol. The van der Waals surface area contributed by atoms with E-state index in [4.69, 9.17) is 0 Å². The van der Waals surface area contributed by atoms with E-state index in [9.17, 15) is 13.6 Å². The van der Waals surface area contributed by atoms with E-state index < -0.39 is 0 Å². The van der Waals surface area contributed by atoms with Gasteiger partial charge in [-0.25, -0.2) is 4.39 Å². The molecule has 1 unspecified atom stereocenters. The van der Waals surface area contributed by atoms with Gasteiger partial charge in [0.2, 0.25) is 0 Å². The summed E-state index contributed by atoms with van der Waals surface area (Å²) >= 11 is 0. The number of hydrogen-bond donors (Lipinski definition) is 0. The molecule has 0 amide bonds. The molecule has 158 valence electrons. The van der Waals surface area contributed by atoms with Crippen LogP contribution in [-0.4, -0.2) is 52.7 Å². The first kappa shape index (κ1) is 26.3. The number of aldehydes is 1. The van der Waals surface area contributed by atoms with E-state index in [1.807, 2.05) is 31.2 Å². The lowest BCUT2D eigenvalue weighted by molar-refractivity contribution is -0.108. The van der Waals surface area contributed by atoms with Gasteiger partial charge in [-0.1, -0.05) is 42.0 Å². The van der Waals surface area contributed by atoms with Gasteiger partial charge in [0.25, 0.3) is 0 Å². The van der Waals surface area contributed by atoms with Crippen LogP contribution in [0.25, 0.3) is 0 Å². The Hall–Kier alpha value is -2.73. The number of aliphatic imine (C=N–C) groups is 2. The summed E-state index contributed by atoms with van der Waals surface area (Å²) in [6.45, 7) is 2.64. The van der Waals surface area contributed by atoms with Gasteiger partial charge < -0.3 is 9.53 Å². The highest BCUT2D eigenvalue weighted by Crippen LogP contribution is 2.04. The predicted octanol–water partition coefficient (Wildman–Crippen LogP) is 4.87. The molecule has 29 heavy (non-hydrogen) atoms. The van der Waals surface area contributed by atoms with Crippen LogP contribution in [0.15, 0.2) is 58.5 Å². The van der Waals surface area contributed by atoms with Gasteiger partial charge in [0.05, 0.1) is 7.18 Å². The second-order valence-electron chi connectivity index (χ2n) is 6.03. The van der Waals surface area contributed by atoms with E-state index in [2.05, 4.69) is 14.7 Å². The van der Waals surface area contributed by atoms with E-state index in [-0.39, 0.29) is 11.9 Å². The fourth-order valence-corrected chi connectivity index (χ4v) is 2.12. The molecule has 2 aromatic carbocycles. The van der Waals surface area contributed by atoms with E-state index in [1.54, 1.807) is 38.8 Å². The largest absolute Gasteiger partial charge is 0.388 e. The van der Waals surface area contributed by atoms with Crippen molar-refractivity contribution in [2.24, 2.45) is 9.98 Å². The Morgan fingerprint density at radius 3 is 2.03 bits per heavy atom. The number of nitrogens with zero attached hydrogens (tertiary/aromatic N) is 2. The first-order valence-electron chi connectivity index (χ1n) is 9.17. The molecule has 2 rings (SSSR count). The van der Waals surface area contributed by atoms with E-state index in [0.717, 1.165) is 23.8 Å². The molecule has 0 bridgehead atoms. The highest BCUT2D eigenvalue weighted by molar-refractivity contribution is 5.81. The van der Waals surface area contributed by atoms with E-state index >= 15 is 0 Å². The molecule has 0 radical (unpaired) electrons. The number of hydrogen-bond acceptors (Lipinski definition) is 4. The number of aryl methyl sites for hydroxylation is 1. The molecule has 1 atom stereocenters. The van der Waals surface area contributed by atoms with Crippen LogP contribution in [0.1, 0.15) is 29.5 Å². The monoisotopic (exact) mass is 404 g/mol. The maximum atomic E-state index is 12.8. The number of alkyl halides is 1. The van der Waals surface area contributed by atoms with Gasteiger partial charge in [-0.3, -0.25) is 14.4 Å². The Bertz CT molecular complexity index is 715. The Labute approximate surface area is 172 Å². The second-order valence-corrected chi connectivity index (χ2v) is 6.03. The maximum Gasteiger partial charge on any atom is 0.144 e. The fraction of sp³-hybridized carbons (Fsp3) is 0.348. The summed E-state index contributed by atoms with van der Waals surface area (Å²) in [6.07, 6.45) is 5.75. The minimum atomic E-state index is -0.340. The van der Waals surface area contributed by atoms with Crippen molar-refractivity contribution in [3.8, 4) is 0 Å². The van der Waals surface area contributed by atoms with Gasteiger partial charge in [0.15, 0.2) is 0 Å². The van der Waals surface area contributed by atoms with Crippen molar-refractivity contribution in [3.05, 3.63) is 71.0 Å². The minimum Gasteiger partial charge on any atom is -0.388 e. The van der Waals surface area contributed by atoms with E-state index in [0.29, 0.717) is 20.1 Å². The lowest BCUT2D eigenvalue weighted by atomic mass is 10.1. The summed E-state index contributed by atoms with van der Waals surface area (Å²) in [6, 6.07) is 13.8. The van der Waals surface area contributed by atoms with Crippen LogP contribution in [0.4, 0.5) is 8.78 Å². The molecular weight excluding hydrogens is 374 g/mol. The third-order valence-electron chi connectivity index (χ3n) is 3.55. The smallest absolute Gasteiger partial charge is 0.144 e. The number of carbonyl (C=O) groups excluding carboxylic acids is 1. The maximum absolute atomic E-state index is 12.8. The summed E-state index contributed by atoms with van der Waals surface area (Å²) in [5.41, 5.74) is 3.04. The Morgan fingerprint density at radius 2 is 1.48 bits per heavy atom. The van der Waals surface area contributed by atoms with Crippen molar-refractivity contribution in [2.75, 3.05) is 27.9 Å². The topological polar surface area (TPSA) is 51.0 Å². The van der Waals surface area contributed by atoms with Gasteiger partial charge in [0, 0.05) is 33.2 Å². The quantitative estimate of drug-likeness (QED) is 0.358. The summed E-state index contributed by atoms with van der Waals surface area (Å²) in [4.78, 5) is 19.7. The average Bonchev–Trinajstić information content (AvgIpc) is 2.74. The number of benzene rings is 2. The van der Waals surface area contributed by atoms with Crippen LogP contribution in [0.3, 0.4) is 0 Å². The van der Waals surface area contributed by atoms with Crippen molar-refractivity contribution in [1.82, 2.24) is 0 Å². The molecule has 0 saturated heterocycles. The van der Waals surface area contributed by atoms with Gasteiger partial charge >= 0.3 is 0 Å². The number of methoxy groups -OCH3 is 1. The van der Waals surface area contributed by atoms with Crippen molar-refractivity contribution >= 4 is 18.7 Å². The zero-order valence-corrected chi connectivity index (χ0v) is 17.5. The molecule has 0 fully saturated rings. The molecule has 0 aromatic heterocycles. The normalized spacial score (nSPS) is 11.4. The van der Waals surface area contributed by atoms with Gasteiger partial charge in [-0.15, -0.1) is 0 Å². The van der Waals surface area contributed by atoms with Crippen LogP contribution in [-0.2, 0) is 9.53 Å². The highest BCUT2D eigenvalue weighted by atomic mass is 19.1. The van der Waals surface area contributed by atoms with Crippen molar-refractivity contribution in [2.45, 2.75) is 25.8 Å². The lowest BCUT2D eigenvalue weighted by Crippen LogP contribution is -2.07. The van der Waals surface area contributed by atoms with Gasteiger partial charge in [0.1, 0.15) is 18.1 Å².